The van der Waals surface area contributed by atoms with Crippen LogP contribution in [0.15, 0.2) is 64.8 Å². The van der Waals surface area contributed by atoms with Crippen LogP contribution in [0.2, 0.25) is 0 Å². The van der Waals surface area contributed by atoms with Gasteiger partial charge in [0.05, 0.1) is 16.9 Å². The van der Waals surface area contributed by atoms with Crippen LogP contribution in [-0.4, -0.2) is 5.91 Å². The molecule has 0 heterocycles. The van der Waals surface area contributed by atoms with Crippen molar-refractivity contribution in [2.75, 3.05) is 10.6 Å². The average Bonchev–Trinajstić information content (AvgIpc) is 2.57. The van der Waals surface area contributed by atoms with E-state index < -0.39 is 5.91 Å². The quantitative estimate of drug-likeness (QED) is 0.636. The number of para-hydroxylation sites is 2. The predicted octanol–water partition coefficient (Wildman–Crippen LogP) is 3.78. The van der Waals surface area contributed by atoms with E-state index in [1.807, 2.05) is 30.3 Å². The number of hydrogen-bond acceptors (Lipinski definition) is 4. The van der Waals surface area contributed by atoms with Gasteiger partial charge in [0, 0.05) is 10.7 Å². The standard InChI is InChI=1S/C17H11BrN4O/c18-14-6-2-4-8-16(14)21-11-13(10-20)17(23)22-15-7-3-1-5-12(15)9-19/h1-8,11,21H,(H,22,23)/b13-11-. The Morgan fingerprint density at radius 1 is 1.04 bits per heavy atom. The lowest BCUT2D eigenvalue weighted by Crippen LogP contribution is -2.15. The minimum absolute atomic E-state index is 0.103. The predicted molar refractivity (Wildman–Crippen MR) is 91.2 cm³/mol. The molecule has 2 aromatic carbocycles. The van der Waals surface area contributed by atoms with E-state index in [0.29, 0.717) is 11.3 Å². The molecule has 0 saturated carbocycles. The topological polar surface area (TPSA) is 88.7 Å². The van der Waals surface area contributed by atoms with E-state index in [-0.39, 0.29) is 5.57 Å². The van der Waals surface area contributed by atoms with E-state index in [2.05, 4.69) is 26.6 Å². The second kappa shape index (κ2) is 7.79. The zero-order valence-corrected chi connectivity index (χ0v) is 13.5. The summed E-state index contributed by atoms with van der Waals surface area (Å²) in [5, 5.41) is 23.6. The van der Waals surface area contributed by atoms with Crippen molar-refractivity contribution >= 4 is 33.2 Å². The summed E-state index contributed by atoms with van der Waals surface area (Å²) in [5.74, 6) is -0.588. The first-order chi connectivity index (χ1) is 11.2. The highest BCUT2D eigenvalue weighted by atomic mass is 79.9. The van der Waals surface area contributed by atoms with Crippen LogP contribution in [0.1, 0.15) is 5.56 Å². The molecule has 2 rings (SSSR count). The fourth-order valence-electron chi connectivity index (χ4n) is 1.76. The second-order valence-electron chi connectivity index (χ2n) is 4.41. The maximum absolute atomic E-state index is 12.2. The first-order valence-corrected chi connectivity index (χ1v) is 7.37. The minimum atomic E-state index is -0.588. The number of nitriles is 2. The summed E-state index contributed by atoms with van der Waals surface area (Å²) in [4.78, 5) is 12.2. The third kappa shape index (κ3) is 4.19. The molecule has 0 spiro atoms. The van der Waals surface area contributed by atoms with E-state index in [1.54, 1.807) is 30.3 Å². The lowest BCUT2D eigenvalue weighted by atomic mass is 10.2. The summed E-state index contributed by atoms with van der Waals surface area (Å²) in [6.07, 6.45) is 1.32. The molecule has 0 aromatic heterocycles. The van der Waals surface area contributed by atoms with Crippen LogP contribution in [0.3, 0.4) is 0 Å². The van der Waals surface area contributed by atoms with Crippen molar-refractivity contribution in [1.29, 1.82) is 10.5 Å². The summed E-state index contributed by atoms with van der Waals surface area (Å²) >= 11 is 3.37. The molecule has 5 nitrogen and oxygen atoms in total. The van der Waals surface area contributed by atoms with Crippen LogP contribution >= 0.6 is 15.9 Å². The van der Waals surface area contributed by atoms with Gasteiger partial charge >= 0.3 is 0 Å². The van der Waals surface area contributed by atoms with Crippen molar-refractivity contribution < 1.29 is 4.79 Å². The highest BCUT2D eigenvalue weighted by molar-refractivity contribution is 9.10. The molecule has 0 atom stereocenters. The van der Waals surface area contributed by atoms with Crippen LogP contribution in [-0.2, 0) is 4.79 Å². The SMILES string of the molecule is N#C/C(=C/Nc1ccccc1Br)C(=O)Nc1ccccc1C#N. The monoisotopic (exact) mass is 366 g/mol. The second-order valence-corrected chi connectivity index (χ2v) is 5.26. The Kier molecular flexibility index (Phi) is 5.51. The van der Waals surface area contributed by atoms with Gasteiger partial charge < -0.3 is 10.6 Å². The number of amides is 1. The van der Waals surface area contributed by atoms with Crippen LogP contribution in [0, 0.1) is 22.7 Å². The van der Waals surface area contributed by atoms with Crippen molar-refractivity contribution in [2.45, 2.75) is 0 Å². The Morgan fingerprint density at radius 2 is 1.70 bits per heavy atom. The number of carbonyl (C=O) groups is 1. The van der Waals surface area contributed by atoms with Crippen LogP contribution in [0.5, 0.6) is 0 Å². The summed E-state index contributed by atoms with van der Waals surface area (Å²) in [6, 6.07) is 17.7. The van der Waals surface area contributed by atoms with Crippen LogP contribution in [0.4, 0.5) is 11.4 Å². The molecule has 0 saturated heterocycles. The summed E-state index contributed by atoms with van der Waals surface area (Å²) < 4.78 is 0.809. The van der Waals surface area contributed by atoms with Crippen LogP contribution in [0.25, 0.3) is 0 Å². The van der Waals surface area contributed by atoms with Crippen LogP contribution < -0.4 is 10.6 Å². The minimum Gasteiger partial charge on any atom is -0.359 e. The molecular weight excluding hydrogens is 356 g/mol. The van der Waals surface area contributed by atoms with Gasteiger partial charge in [-0.05, 0) is 40.2 Å². The third-order valence-electron chi connectivity index (χ3n) is 2.91. The number of halogens is 1. The molecule has 0 aliphatic rings. The summed E-state index contributed by atoms with van der Waals surface area (Å²) in [5.41, 5.74) is 1.32. The van der Waals surface area contributed by atoms with Gasteiger partial charge in [0.2, 0.25) is 0 Å². The molecule has 0 unspecified atom stereocenters. The maximum Gasteiger partial charge on any atom is 0.267 e. The molecule has 0 bridgehead atoms. The van der Waals surface area contributed by atoms with Gasteiger partial charge in [-0.1, -0.05) is 24.3 Å². The number of nitrogens with one attached hydrogen (secondary N) is 2. The lowest BCUT2D eigenvalue weighted by molar-refractivity contribution is -0.112. The molecule has 2 aromatic rings. The fraction of sp³-hybridized carbons (Fsp3) is 0. The number of rotatable bonds is 4. The normalized spacial score (nSPS) is 10.3. The maximum atomic E-state index is 12.2. The third-order valence-corrected chi connectivity index (χ3v) is 3.60. The zero-order valence-electron chi connectivity index (χ0n) is 11.9. The number of anilines is 2. The zero-order chi connectivity index (χ0) is 16.7. The molecule has 6 heteroatoms. The Labute approximate surface area is 142 Å². The Balaban J connectivity index is 2.16. The smallest absolute Gasteiger partial charge is 0.267 e. The van der Waals surface area contributed by atoms with Gasteiger partial charge in [-0.3, -0.25) is 4.79 Å². The van der Waals surface area contributed by atoms with Gasteiger partial charge in [0.1, 0.15) is 17.7 Å². The van der Waals surface area contributed by atoms with Crippen molar-refractivity contribution in [3.63, 3.8) is 0 Å². The molecule has 0 aliphatic heterocycles. The molecule has 112 valence electrons. The average molecular weight is 367 g/mol. The number of nitrogens with zero attached hydrogens (tertiary/aromatic N) is 2. The molecular formula is C17H11BrN4O. The highest BCUT2D eigenvalue weighted by Gasteiger charge is 2.11. The molecule has 1 amide bonds. The van der Waals surface area contributed by atoms with Gasteiger partial charge in [0.25, 0.3) is 5.91 Å². The molecule has 23 heavy (non-hydrogen) atoms. The lowest BCUT2D eigenvalue weighted by Gasteiger charge is -2.07. The van der Waals surface area contributed by atoms with E-state index in [0.717, 1.165) is 10.2 Å². The van der Waals surface area contributed by atoms with Gasteiger partial charge in [0.15, 0.2) is 0 Å². The fourth-order valence-corrected chi connectivity index (χ4v) is 2.16. The van der Waals surface area contributed by atoms with Gasteiger partial charge in [-0.2, -0.15) is 10.5 Å². The van der Waals surface area contributed by atoms with Crippen molar-refractivity contribution in [3.05, 3.63) is 70.3 Å². The highest BCUT2D eigenvalue weighted by Crippen LogP contribution is 2.21. The molecule has 0 fully saturated rings. The van der Waals surface area contributed by atoms with Crippen molar-refractivity contribution in [1.82, 2.24) is 0 Å². The van der Waals surface area contributed by atoms with E-state index in [9.17, 15) is 4.79 Å². The van der Waals surface area contributed by atoms with Crippen molar-refractivity contribution in [3.8, 4) is 12.1 Å². The van der Waals surface area contributed by atoms with E-state index >= 15 is 0 Å². The van der Waals surface area contributed by atoms with E-state index in [1.165, 1.54) is 6.20 Å². The van der Waals surface area contributed by atoms with Gasteiger partial charge in [-0.25, -0.2) is 0 Å². The Hall–Kier alpha value is -3.09. The largest absolute Gasteiger partial charge is 0.359 e. The molecule has 0 radical (unpaired) electrons. The van der Waals surface area contributed by atoms with Crippen molar-refractivity contribution in [2.24, 2.45) is 0 Å². The summed E-state index contributed by atoms with van der Waals surface area (Å²) in [6.45, 7) is 0. The Morgan fingerprint density at radius 3 is 2.35 bits per heavy atom. The van der Waals surface area contributed by atoms with E-state index in [4.69, 9.17) is 10.5 Å². The molecule has 0 aliphatic carbocycles. The summed E-state index contributed by atoms with van der Waals surface area (Å²) in [7, 11) is 0. The first kappa shape index (κ1) is 16.3. The number of benzene rings is 2. The van der Waals surface area contributed by atoms with Gasteiger partial charge in [-0.15, -0.1) is 0 Å². The molecule has 2 N–H and O–H groups in total. The number of hydrogen-bond donors (Lipinski definition) is 2. The Bertz CT molecular complexity index is 846. The first-order valence-electron chi connectivity index (χ1n) is 6.57. The number of carbonyl (C=O) groups excluding carboxylic acids is 1.